The first-order valence-corrected chi connectivity index (χ1v) is 13.1. The van der Waals surface area contributed by atoms with Crippen molar-refractivity contribution < 1.29 is 14.0 Å². The fraction of sp³-hybridized carbons (Fsp3) is 0.286. The Morgan fingerprint density at radius 2 is 1.69 bits per heavy atom. The number of rotatable bonds is 12. The van der Waals surface area contributed by atoms with E-state index in [2.05, 4.69) is 5.32 Å². The summed E-state index contributed by atoms with van der Waals surface area (Å²) in [5.74, 6) is -0.0579. The first-order valence-electron chi connectivity index (χ1n) is 11.7. The number of nitrogens with zero attached hydrogens (tertiary/aromatic N) is 1. The SMILES string of the molecule is CCNC(=O)[C@H](Cc1ccccc1)N(Cc1ccccc1F)C(=O)CCCSc1ccc(Cl)cc1. The number of carbonyl (C=O) groups excluding carboxylic acids is 2. The molecule has 4 nitrogen and oxygen atoms in total. The largest absolute Gasteiger partial charge is 0.355 e. The molecule has 1 N–H and O–H groups in total. The minimum absolute atomic E-state index is 0.0322. The average Bonchev–Trinajstić information content (AvgIpc) is 2.86. The molecule has 0 unspecified atom stereocenters. The summed E-state index contributed by atoms with van der Waals surface area (Å²) in [4.78, 5) is 29.2. The van der Waals surface area contributed by atoms with Crippen LogP contribution in [0.25, 0.3) is 0 Å². The Hall–Kier alpha value is -2.83. The van der Waals surface area contributed by atoms with E-state index in [1.165, 1.54) is 11.0 Å². The number of nitrogens with one attached hydrogen (secondary N) is 1. The molecular formula is C28H30ClFN2O2S. The van der Waals surface area contributed by atoms with Crippen LogP contribution in [0.15, 0.2) is 83.8 Å². The summed E-state index contributed by atoms with van der Waals surface area (Å²) >= 11 is 7.59. The van der Waals surface area contributed by atoms with E-state index in [0.29, 0.717) is 30.0 Å². The molecule has 0 aliphatic heterocycles. The molecule has 35 heavy (non-hydrogen) atoms. The Bertz CT molecular complexity index is 1100. The van der Waals surface area contributed by atoms with Crippen LogP contribution in [0.1, 0.15) is 30.9 Å². The lowest BCUT2D eigenvalue weighted by molar-refractivity contribution is -0.141. The normalized spacial score (nSPS) is 11.6. The molecule has 0 fully saturated rings. The Labute approximate surface area is 215 Å². The summed E-state index contributed by atoms with van der Waals surface area (Å²) < 4.78 is 14.5. The minimum atomic E-state index is -0.742. The van der Waals surface area contributed by atoms with Crippen LogP contribution < -0.4 is 5.32 Å². The molecule has 0 saturated heterocycles. The first-order chi connectivity index (χ1) is 17.0. The Balaban J connectivity index is 1.77. The van der Waals surface area contributed by atoms with Crippen molar-refractivity contribution in [1.82, 2.24) is 10.2 Å². The van der Waals surface area contributed by atoms with Crippen molar-refractivity contribution in [1.29, 1.82) is 0 Å². The van der Waals surface area contributed by atoms with Gasteiger partial charge in [-0.15, -0.1) is 11.8 Å². The van der Waals surface area contributed by atoms with Crippen LogP contribution in [0, 0.1) is 5.82 Å². The van der Waals surface area contributed by atoms with Crippen molar-refractivity contribution in [2.24, 2.45) is 0 Å². The standard InChI is InChI=1S/C28H30ClFN2O2S/c1-2-31-28(34)26(19-21-9-4-3-5-10-21)32(20-22-11-6-7-12-25(22)30)27(33)13-8-18-35-24-16-14-23(29)15-17-24/h3-7,9-12,14-17,26H,2,8,13,18-20H2,1H3,(H,31,34)/t26-/m0/s1. The highest BCUT2D eigenvalue weighted by molar-refractivity contribution is 7.99. The van der Waals surface area contributed by atoms with Gasteiger partial charge in [-0.05, 0) is 55.0 Å². The van der Waals surface area contributed by atoms with Crippen molar-refractivity contribution in [3.05, 3.63) is 101 Å². The van der Waals surface area contributed by atoms with Crippen molar-refractivity contribution in [3.8, 4) is 0 Å². The number of benzene rings is 3. The Morgan fingerprint density at radius 1 is 1.00 bits per heavy atom. The van der Waals surface area contributed by atoms with Gasteiger partial charge < -0.3 is 10.2 Å². The van der Waals surface area contributed by atoms with Crippen molar-refractivity contribution in [2.45, 2.75) is 43.7 Å². The van der Waals surface area contributed by atoms with Crippen LogP contribution in [0.5, 0.6) is 0 Å². The smallest absolute Gasteiger partial charge is 0.243 e. The van der Waals surface area contributed by atoms with Gasteiger partial charge in [-0.1, -0.05) is 60.1 Å². The number of carbonyl (C=O) groups is 2. The third-order valence-electron chi connectivity index (χ3n) is 5.54. The van der Waals surface area contributed by atoms with E-state index in [0.717, 1.165) is 16.2 Å². The molecule has 0 aromatic heterocycles. The molecule has 3 rings (SSSR count). The van der Waals surface area contributed by atoms with Crippen LogP contribution in [0.4, 0.5) is 4.39 Å². The van der Waals surface area contributed by atoms with Gasteiger partial charge >= 0.3 is 0 Å². The molecule has 0 bridgehead atoms. The number of hydrogen-bond acceptors (Lipinski definition) is 3. The van der Waals surface area contributed by atoms with Crippen LogP contribution in [0.2, 0.25) is 5.02 Å². The molecule has 7 heteroatoms. The molecule has 0 saturated carbocycles. The van der Waals surface area contributed by atoms with Gasteiger partial charge in [-0.25, -0.2) is 4.39 Å². The van der Waals surface area contributed by atoms with E-state index in [9.17, 15) is 14.0 Å². The van der Waals surface area contributed by atoms with E-state index >= 15 is 0 Å². The van der Waals surface area contributed by atoms with Crippen molar-refractivity contribution >= 4 is 35.2 Å². The molecule has 2 amide bonds. The molecule has 0 aliphatic carbocycles. The highest BCUT2D eigenvalue weighted by atomic mass is 35.5. The lowest BCUT2D eigenvalue weighted by Crippen LogP contribution is -2.50. The monoisotopic (exact) mass is 512 g/mol. The minimum Gasteiger partial charge on any atom is -0.355 e. The van der Waals surface area contributed by atoms with E-state index in [1.807, 2.05) is 61.5 Å². The van der Waals surface area contributed by atoms with Crippen LogP contribution in [-0.4, -0.2) is 35.1 Å². The van der Waals surface area contributed by atoms with Crippen LogP contribution in [0.3, 0.4) is 0 Å². The first kappa shape index (κ1) is 26.8. The molecule has 0 radical (unpaired) electrons. The van der Waals surface area contributed by atoms with Crippen molar-refractivity contribution in [3.63, 3.8) is 0 Å². The lowest BCUT2D eigenvalue weighted by Gasteiger charge is -2.31. The summed E-state index contributed by atoms with van der Waals surface area (Å²) in [6.07, 6.45) is 1.25. The summed E-state index contributed by atoms with van der Waals surface area (Å²) in [6.45, 7) is 2.32. The van der Waals surface area contributed by atoms with E-state index in [1.54, 1.807) is 30.0 Å². The van der Waals surface area contributed by atoms with E-state index in [4.69, 9.17) is 11.6 Å². The predicted molar refractivity (Wildman–Crippen MR) is 141 cm³/mol. The second kappa shape index (κ2) is 13.9. The zero-order valence-electron chi connectivity index (χ0n) is 19.8. The van der Waals surface area contributed by atoms with Gasteiger partial charge in [0.2, 0.25) is 11.8 Å². The third-order valence-corrected chi connectivity index (χ3v) is 6.89. The molecular weight excluding hydrogens is 483 g/mol. The molecule has 184 valence electrons. The summed E-state index contributed by atoms with van der Waals surface area (Å²) in [5, 5.41) is 3.54. The highest BCUT2D eigenvalue weighted by Gasteiger charge is 2.30. The maximum atomic E-state index is 14.5. The molecule has 3 aromatic rings. The third kappa shape index (κ3) is 8.41. The van der Waals surface area contributed by atoms with Gasteiger partial charge in [-0.3, -0.25) is 9.59 Å². The maximum absolute atomic E-state index is 14.5. The van der Waals surface area contributed by atoms with Gasteiger partial charge in [0.1, 0.15) is 11.9 Å². The van der Waals surface area contributed by atoms with Gasteiger partial charge in [0.25, 0.3) is 0 Å². The fourth-order valence-electron chi connectivity index (χ4n) is 3.74. The predicted octanol–water partition coefficient (Wildman–Crippen LogP) is 6.13. The molecule has 1 atom stereocenters. The van der Waals surface area contributed by atoms with Crippen molar-refractivity contribution in [2.75, 3.05) is 12.3 Å². The van der Waals surface area contributed by atoms with Gasteiger partial charge in [0, 0.05) is 41.4 Å². The molecule has 0 aliphatic rings. The summed E-state index contributed by atoms with van der Waals surface area (Å²) in [6, 6.07) is 22.8. The highest BCUT2D eigenvalue weighted by Crippen LogP contribution is 2.23. The van der Waals surface area contributed by atoms with Crippen LogP contribution >= 0.6 is 23.4 Å². The number of halogens is 2. The molecule has 3 aromatic carbocycles. The number of likely N-dealkylation sites (N-methyl/N-ethyl adjacent to an activating group) is 1. The van der Waals surface area contributed by atoms with Crippen LogP contribution in [-0.2, 0) is 22.6 Å². The van der Waals surface area contributed by atoms with Gasteiger partial charge in [0.15, 0.2) is 0 Å². The number of amides is 2. The molecule has 0 spiro atoms. The lowest BCUT2D eigenvalue weighted by atomic mass is 10.0. The summed E-state index contributed by atoms with van der Waals surface area (Å²) in [7, 11) is 0. The number of thioether (sulfide) groups is 1. The zero-order chi connectivity index (χ0) is 25.0. The fourth-order valence-corrected chi connectivity index (χ4v) is 4.72. The zero-order valence-corrected chi connectivity index (χ0v) is 21.3. The topological polar surface area (TPSA) is 49.4 Å². The second-order valence-electron chi connectivity index (χ2n) is 8.12. The number of hydrogen-bond donors (Lipinski definition) is 1. The van der Waals surface area contributed by atoms with Gasteiger partial charge in [-0.2, -0.15) is 0 Å². The van der Waals surface area contributed by atoms with Gasteiger partial charge in [0.05, 0.1) is 0 Å². The molecule has 0 heterocycles. The summed E-state index contributed by atoms with van der Waals surface area (Å²) in [5.41, 5.74) is 1.33. The van der Waals surface area contributed by atoms with E-state index in [-0.39, 0.29) is 24.8 Å². The second-order valence-corrected chi connectivity index (χ2v) is 9.72. The quantitative estimate of drug-likeness (QED) is 0.235. The Kier molecular flexibility index (Phi) is 10.6. The maximum Gasteiger partial charge on any atom is 0.243 e. The Morgan fingerprint density at radius 3 is 2.37 bits per heavy atom. The van der Waals surface area contributed by atoms with E-state index < -0.39 is 11.9 Å². The average molecular weight is 513 g/mol.